The largest absolute Gasteiger partial charge is 0.393 e. The first-order chi connectivity index (χ1) is 13.9. The summed E-state index contributed by atoms with van der Waals surface area (Å²) in [7, 11) is 0. The minimum Gasteiger partial charge on any atom is -0.393 e. The van der Waals surface area contributed by atoms with Crippen LogP contribution in [-0.2, 0) is 23.7 Å². The molecule has 2 aliphatic heterocycles. The Morgan fingerprint density at radius 2 is 1.90 bits per heavy atom. The lowest BCUT2D eigenvalue weighted by Gasteiger charge is -2.61. The Morgan fingerprint density at radius 1 is 1.07 bits per heavy atom. The molecule has 0 radical (unpaired) electrons. The zero-order valence-electron chi connectivity index (χ0n) is 17.4. The van der Waals surface area contributed by atoms with E-state index in [1.807, 2.05) is 6.08 Å². The lowest BCUT2D eigenvalue weighted by molar-refractivity contribution is -0.257. The molecule has 2 spiro atoms. The molecule has 6 rings (SSSR count). The minimum absolute atomic E-state index is 0.0645. The first-order valence-corrected chi connectivity index (χ1v) is 11.3. The summed E-state index contributed by atoms with van der Waals surface area (Å²) in [5.41, 5.74) is 0.423. The molecule has 5 unspecified atom stereocenters. The number of ketones is 1. The molecule has 160 valence electrons. The maximum Gasteiger partial charge on any atom is 0.226 e. The second kappa shape index (κ2) is 5.92. The van der Waals surface area contributed by atoms with Crippen molar-refractivity contribution in [2.45, 2.75) is 76.3 Å². The fourth-order valence-electron chi connectivity index (χ4n) is 8.66. The number of hydrogen-bond donors (Lipinski definition) is 1. The molecular weight excluding hydrogens is 372 g/mol. The Morgan fingerprint density at radius 3 is 2.69 bits per heavy atom. The molecule has 6 nitrogen and oxygen atoms in total. The predicted molar refractivity (Wildman–Crippen MR) is 103 cm³/mol. The Labute approximate surface area is 171 Å². The highest BCUT2D eigenvalue weighted by Gasteiger charge is 2.76. The molecule has 4 aliphatic carbocycles. The minimum atomic E-state index is -0.843. The van der Waals surface area contributed by atoms with Gasteiger partial charge in [0.2, 0.25) is 5.79 Å². The van der Waals surface area contributed by atoms with Crippen LogP contribution in [0.2, 0.25) is 0 Å². The van der Waals surface area contributed by atoms with Gasteiger partial charge in [0.05, 0.1) is 6.10 Å². The third kappa shape index (κ3) is 2.13. The van der Waals surface area contributed by atoms with Crippen molar-refractivity contribution in [1.82, 2.24) is 0 Å². The first kappa shape index (κ1) is 18.9. The molecule has 0 aromatic heterocycles. The molecular formula is C23H32O6. The third-order valence-electron chi connectivity index (χ3n) is 9.90. The molecule has 8 atom stereocenters. The summed E-state index contributed by atoms with van der Waals surface area (Å²) in [6.45, 7) is 5.44. The van der Waals surface area contributed by atoms with Gasteiger partial charge in [-0.15, -0.1) is 0 Å². The van der Waals surface area contributed by atoms with Crippen LogP contribution in [0.4, 0.5) is 0 Å². The topological polar surface area (TPSA) is 74.2 Å². The Hall–Kier alpha value is -0.790. The van der Waals surface area contributed by atoms with Crippen LogP contribution < -0.4 is 0 Å². The lowest BCUT2D eigenvalue weighted by Crippen LogP contribution is -2.66. The molecule has 2 saturated heterocycles. The van der Waals surface area contributed by atoms with Gasteiger partial charge in [0.1, 0.15) is 12.2 Å². The van der Waals surface area contributed by atoms with E-state index >= 15 is 0 Å². The van der Waals surface area contributed by atoms with Crippen LogP contribution in [0.1, 0.15) is 58.8 Å². The van der Waals surface area contributed by atoms with Crippen LogP contribution >= 0.6 is 0 Å². The molecule has 0 aromatic rings. The van der Waals surface area contributed by atoms with E-state index in [1.54, 1.807) is 0 Å². The standard InChI is InChI=1S/C23H32O6/c1-20-7-5-15(24)9-14(20)3-4-16-17-6-8-22(21(17,2)10-18(25)19(16)20)23(29-13-27-22)11-26-12-28-23/h9,16-19,25H,3-8,10-13H2,1-2H3/t16?,17?,18?,19?,20-,21-,22+,23?/m0/s1. The Bertz CT molecular complexity index is 766. The normalized spacial score (nSPS) is 56.4. The molecule has 1 N–H and O–H groups in total. The van der Waals surface area contributed by atoms with E-state index in [-0.39, 0.29) is 36.1 Å². The molecule has 5 fully saturated rings. The van der Waals surface area contributed by atoms with E-state index in [4.69, 9.17) is 18.9 Å². The molecule has 6 heteroatoms. The molecule has 29 heavy (non-hydrogen) atoms. The van der Waals surface area contributed by atoms with Gasteiger partial charge in [-0.1, -0.05) is 19.4 Å². The van der Waals surface area contributed by atoms with Crippen LogP contribution in [0.3, 0.4) is 0 Å². The number of fused-ring (bicyclic) bond motifs is 7. The summed E-state index contributed by atoms with van der Waals surface area (Å²) >= 11 is 0. The van der Waals surface area contributed by atoms with Crippen LogP contribution in [-0.4, -0.2) is 48.6 Å². The van der Waals surface area contributed by atoms with Crippen molar-refractivity contribution in [3.05, 3.63) is 11.6 Å². The van der Waals surface area contributed by atoms with Crippen molar-refractivity contribution >= 4 is 5.78 Å². The van der Waals surface area contributed by atoms with Crippen LogP contribution in [0, 0.1) is 28.6 Å². The summed E-state index contributed by atoms with van der Waals surface area (Å²) in [4.78, 5) is 12.1. The van der Waals surface area contributed by atoms with E-state index in [2.05, 4.69) is 13.8 Å². The van der Waals surface area contributed by atoms with Gasteiger partial charge in [-0.3, -0.25) is 4.79 Å². The fourth-order valence-corrected chi connectivity index (χ4v) is 8.66. The van der Waals surface area contributed by atoms with Crippen LogP contribution in [0.25, 0.3) is 0 Å². The van der Waals surface area contributed by atoms with Crippen molar-refractivity contribution < 1.29 is 28.8 Å². The van der Waals surface area contributed by atoms with Crippen molar-refractivity contribution in [2.24, 2.45) is 28.6 Å². The monoisotopic (exact) mass is 404 g/mol. The number of aliphatic hydroxyl groups is 1. The molecule has 0 amide bonds. The fraction of sp³-hybridized carbons (Fsp3) is 0.870. The van der Waals surface area contributed by atoms with E-state index in [9.17, 15) is 9.90 Å². The second-order valence-electron chi connectivity index (χ2n) is 10.7. The Kier molecular flexibility index (Phi) is 3.86. The van der Waals surface area contributed by atoms with Gasteiger partial charge < -0.3 is 24.1 Å². The number of carbonyl (C=O) groups excluding carboxylic acids is 1. The maximum absolute atomic E-state index is 12.1. The van der Waals surface area contributed by atoms with Crippen molar-refractivity contribution in [3.63, 3.8) is 0 Å². The molecule has 0 bridgehead atoms. The summed E-state index contributed by atoms with van der Waals surface area (Å²) < 4.78 is 24.1. The number of allylic oxidation sites excluding steroid dienone is 1. The SMILES string of the molecule is C[C@]12CCC(=O)C=C1CCC1C2C(O)C[C@@]2(C)C1CC[C@@]21OCOC12COCO2. The number of hydrogen-bond acceptors (Lipinski definition) is 6. The van der Waals surface area contributed by atoms with Crippen molar-refractivity contribution in [3.8, 4) is 0 Å². The quantitative estimate of drug-likeness (QED) is 0.669. The molecule has 2 heterocycles. The van der Waals surface area contributed by atoms with Gasteiger partial charge in [0.25, 0.3) is 0 Å². The number of aliphatic hydroxyl groups excluding tert-OH is 1. The van der Waals surface area contributed by atoms with Gasteiger partial charge in [-0.25, -0.2) is 0 Å². The first-order valence-electron chi connectivity index (χ1n) is 11.3. The van der Waals surface area contributed by atoms with Gasteiger partial charge in [0, 0.05) is 11.8 Å². The lowest BCUT2D eigenvalue weighted by atomic mass is 9.45. The van der Waals surface area contributed by atoms with E-state index in [0.717, 1.165) is 32.1 Å². The Balaban J connectivity index is 1.41. The zero-order chi connectivity index (χ0) is 20.1. The number of rotatable bonds is 0. The average molecular weight is 405 g/mol. The molecule has 6 aliphatic rings. The molecule has 0 aromatic carbocycles. The predicted octanol–water partition coefficient (Wildman–Crippen LogP) is 2.93. The van der Waals surface area contributed by atoms with Gasteiger partial charge in [-0.2, -0.15) is 0 Å². The highest BCUT2D eigenvalue weighted by Crippen LogP contribution is 2.71. The van der Waals surface area contributed by atoms with Crippen molar-refractivity contribution in [1.29, 1.82) is 0 Å². The summed E-state index contributed by atoms with van der Waals surface area (Å²) in [6.07, 6.45) is 7.58. The van der Waals surface area contributed by atoms with Gasteiger partial charge in [0.15, 0.2) is 19.4 Å². The highest BCUT2D eigenvalue weighted by molar-refractivity contribution is 5.91. The summed E-state index contributed by atoms with van der Waals surface area (Å²) in [6, 6.07) is 0. The van der Waals surface area contributed by atoms with Crippen molar-refractivity contribution in [2.75, 3.05) is 20.2 Å². The number of ether oxygens (including phenoxy) is 4. The zero-order valence-corrected chi connectivity index (χ0v) is 17.4. The highest BCUT2D eigenvalue weighted by atomic mass is 16.9. The molecule has 3 saturated carbocycles. The van der Waals surface area contributed by atoms with E-state index in [0.29, 0.717) is 31.3 Å². The van der Waals surface area contributed by atoms with E-state index in [1.165, 1.54) is 5.57 Å². The van der Waals surface area contributed by atoms with Crippen LogP contribution in [0.15, 0.2) is 11.6 Å². The second-order valence-corrected chi connectivity index (χ2v) is 10.7. The number of carbonyl (C=O) groups is 1. The van der Waals surface area contributed by atoms with Gasteiger partial charge >= 0.3 is 0 Å². The average Bonchev–Trinajstić information content (AvgIpc) is 3.37. The van der Waals surface area contributed by atoms with Gasteiger partial charge in [-0.05, 0) is 67.8 Å². The summed E-state index contributed by atoms with van der Waals surface area (Å²) in [5.74, 6) is 0.506. The smallest absolute Gasteiger partial charge is 0.226 e. The third-order valence-corrected chi connectivity index (χ3v) is 9.90. The maximum atomic E-state index is 12.1. The van der Waals surface area contributed by atoms with E-state index < -0.39 is 17.5 Å². The van der Waals surface area contributed by atoms with Crippen LogP contribution in [0.5, 0.6) is 0 Å². The summed E-state index contributed by atoms with van der Waals surface area (Å²) in [5, 5.41) is 11.6.